The van der Waals surface area contributed by atoms with Crippen LogP contribution in [0.1, 0.15) is 49.7 Å². The Bertz CT molecular complexity index is 1230. The highest BCUT2D eigenvalue weighted by molar-refractivity contribution is 7.27. The summed E-state index contributed by atoms with van der Waals surface area (Å²) in [6.45, 7) is 2.32. The third-order valence-electron chi connectivity index (χ3n) is 7.58. The number of fused-ring (bicyclic) bond motifs is 1. The number of benzene rings is 3. The van der Waals surface area contributed by atoms with Crippen LogP contribution in [-0.4, -0.2) is 0 Å². The quantitative estimate of drug-likeness (QED) is 0.187. The molecule has 0 saturated heterocycles. The molecule has 2 saturated carbocycles. The van der Waals surface area contributed by atoms with Gasteiger partial charge < -0.3 is 4.74 Å². The van der Waals surface area contributed by atoms with Gasteiger partial charge in [0, 0.05) is 12.1 Å². The zero-order valence-corrected chi connectivity index (χ0v) is 20.7. The molecule has 190 valence electrons. The van der Waals surface area contributed by atoms with Crippen molar-refractivity contribution in [2.24, 2.45) is 17.8 Å². The number of rotatable bonds is 5. The molecule has 8 heteroatoms. The van der Waals surface area contributed by atoms with Gasteiger partial charge in [0.15, 0.2) is 17.5 Å². The summed E-state index contributed by atoms with van der Waals surface area (Å²) in [5, 5.41) is -0.181. The lowest BCUT2D eigenvalue weighted by Gasteiger charge is -2.21. The van der Waals surface area contributed by atoms with Gasteiger partial charge in [0.1, 0.15) is 17.1 Å². The van der Waals surface area contributed by atoms with Crippen molar-refractivity contribution in [1.29, 1.82) is 0 Å². The molecule has 1 nitrogen and oxygen atoms in total. The van der Waals surface area contributed by atoms with Crippen molar-refractivity contribution in [3.63, 3.8) is 0 Å². The smallest absolute Gasteiger partial charge is 0.429 e. The Morgan fingerprint density at radius 3 is 1.92 bits per heavy atom. The van der Waals surface area contributed by atoms with Crippen molar-refractivity contribution in [1.82, 2.24) is 0 Å². The van der Waals surface area contributed by atoms with E-state index in [9.17, 15) is 26.3 Å². The van der Waals surface area contributed by atoms with Crippen molar-refractivity contribution < 1.29 is 31.1 Å². The summed E-state index contributed by atoms with van der Waals surface area (Å²) in [5.74, 6) is -4.52. The van der Waals surface area contributed by atoms with Gasteiger partial charge in [-0.1, -0.05) is 31.2 Å². The van der Waals surface area contributed by atoms with Crippen LogP contribution in [0.5, 0.6) is 5.75 Å². The number of hydrogen-bond acceptors (Lipinski definition) is 1. The maximum absolute atomic E-state index is 14.9. The summed E-state index contributed by atoms with van der Waals surface area (Å²) in [4.78, 5) is 0. The van der Waals surface area contributed by atoms with E-state index in [-0.39, 0.29) is 17.4 Å². The predicted octanol–water partition coefficient (Wildman–Crippen LogP) is 8.08. The summed E-state index contributed by atoms with van der Waals surface area (Å²) >= 11 is 0. The summed E-state index contributed by atoms with van der Waals surface area (Å²) in [6.07, 6.45) is 0.690. The molecule has 0 aromatic heterocycles. The molecule has 2 aliphatic rings. The largest absolute Gasteiger partial charge is 0.430 e. The highest BCUT2D eigenvalue weighted by atomic mass is 31.0. The molecule has 0 N–H and O–H groups in total. The second kappa shape index (κ2) is 9.41. The van der Waals surface area contributed by atoms with Gasteiger partial charge in [-0.2, -0.15) is 8.78 Å². The maximum atomic E-state index is 14.9. The lowest BCUT2D eigenvalue weighted by molar-refractivity contribution is -0.186. The molecule has 2 aliphatic carbocycles. The lowest BCUT2D eigenvalue weighted by Crippen LogP contribution is -2.29. The molecule has 0 radical (unpaired) electrons. The fourth-order valence-electron chi connectivity index (χ4n) is 6.03. The van der Waals surface area contributed by atoms with E-state index in [1.807, 2.05) is 33.5 Å². The molecule has 36 heavy (non-hydrogen) atoms. The Labute approximate surface area is 208 Å². The minimum atomic E-state index is -4.27. The van der Waals surface area contributed by atoms with Gasteiger partial charge in [-0.15, -0.1) is 9.24 Å². The molecule has 5 rings (SSSR count). The average molecular weight is 522 g/mol. The number of halogens is 6. The van der Waals surface area contributed by atoms with E-state index in [0.717, 1.165) is 23.8 Å². The normalized spacial score (nSPS) is 23.7. The van der Waals surface area contributed by atoms with Crippen LogP contribution in [0.4, 0.5) is 26.3 Å². The van der Waals surface area contributed by atoms with Crippen LogP contribution in [0.2, 0.25) is 0 Å². The van der Waals surface area contributed by atoms with Crippen molar-refractivity contribution in [2.75, 3.05) is 0 Å². The Balaban J connectivity index is 1.36. The van der Waals surface area contributed by atoms with Crippen molar-refractivity contribution >= 4 is 14.5 Å². The van der Waals surface area contributed by atoms with Crippen LogP contribution >= 0.6 is 9.24 Å². The highest BCUT2D eigenvalue weighted by Crippen LogP contribution is 2.52. The van der Waals surface area contributed by atoms with Gasteiger partial charge in [0.25, 0.3) is 0 Å². The SMILES string of the molecule is CC1CC2CC(c3ccc(-c4cc(F)c(C(F)(F)Oc5cc(F)c(F)c(F)c5)c(P)c4)cc3)CC2C1. The monoisotopic (exact) mass is 522 g/mol. The van der Waals surface area contributed by atoms with Crippen molar-refractivity contribution in [3.05, 3.63) is 82.9 Å². The van der Waals surface area contributed by atoms with Crippen molar-refractivity contribution in [3.8, 4) is 16.9 Å². The molecule has 0 aliphatic heterocycles. The molecule has 0 spiro atoms. The van der Waals surface area contributed by atoms with Crippen LogP contribution in [0.3, 0.4) is 0 Å². The minimum absolute atomic E-state index is 0.181. The van der Waals surface area contributed by atoms with E-state index >= 15 is 0 Å². The maximum Gasteiger partial charge on any atom is 0.430 e. The first-order chi connectivity index (χ1) is 17.0. The Hall–Kier alpha value is -2.53. The van der Waals surface area contributed by atoms with Crippen molar-refractivity contribution in [2.45, 2.75) is 44.6 Å². The first-order valence-corrected chi connectivity index (χ1v) is 12.5. The highest BCUT2D eigenvalue weighted by Gasteiger charge is 2.41. The first kappa shape index (κ1) is 25.1. The van der Waals surface area contributed by atoms with Gasteiger partial charge in [-0.3, -0.25) is 0 Å². The van der Waals surface area contributed by atoms with E-state index in [2.05, 4.69) is 11.7 Å². The van der Waals surface area contributed by atoms with Gasteiger partial charge in [0.05, 0.1) is 0 Å². The zero-order chi connectivity index (χ0) is 25.8. The third kappa shape index (κ3) is 4.74. The summed E-state index contributed by atoms with van der Waals surface area (Å²) in [6, 6.07) is 10.7. The van der Waals surface area contributed by atoms with E-state index < -0.39 is 40.7 Å². The van der Waals surface area contributed by atoms with Gasteiger partial charge in [-0.25, -0.2) is 17.6 Å². The second-order valence-corrected chi connectivity index (χ2v) is 10.8. The summed E-state index contributed by atoms with van der Waals surface area (Å²) in [7, 11) is 2.05. The second-order valence-electron chi connectivity index (χ2n) is 10.1. The molecular formula is C28H25F6OP. The van der Waals surface area contributed by atoms with E-state index in [1.54, 1.807) is 0 Å². The molecule has 0 bridgehead atoms. The molecule has 3 aromatic rings. The minimum Gasteiger partial charge on any atom is -0.429 e. The Morgan fingerprint density at radius 1 is 0.778 bits per heavy atom. The van der Waals surface area contributed by atoms with Crippen LogP contribution in [0.15, 0.2) is 48.5 Å². The molecular weight excluding hydrogens is 497 g/mol. The molecule has 3 atom stereocenters. The molecule has 2 fully saturated rings. The van der Waals surface area contributed by atoms with E-state index in [1.165, 1.54) is 37.3 Å². The molecule has 3 aromatic carbocycles. The van der Waals surface area contributed by atoms with Gasteiger partial charge in [-0.05, 0) is 83.5 Å². The molecule has 0 amide bonds. The summed E-state index contributed by atoms with van der Waals surface area (Å²) < 4.78 is 88.8. The van der Waals surface area contributed by atoms with Crippen LogP contribution in [0.25, 0.3) is 11.1 Å². The fraction of sp³-hybridized carbons (Fsp3) is 0.357. The standard InChI is InChI=1S/C28H25F6OP/c1-14-6-17-8-19(9-18(17)7-14)15-2-4-16(5-3-15)20-10-22(29)26(25(36)11-20)28(33,34)35-21-12-23(30)27(32)24(31)13-21/h2-5,10-14,17-19H,6-9,36H2,1H3. The Kier molecular flexibility index (Phi) is 6.57. The van der Waals surface area contributed by atoms with Crippen LogP contribution in [0, 0.1) is 41.0 Å². The zero-order valence-electron chi connectivity index (χ0n) is 19.5. The first-order valence-electron chi connectivity index (χ1n) is 11.9. The topological polar surface area (TPSA) is 9.23 Å². The Morgan fingerprint density at radius 2 is 1.36 bits per heavy atom. The van der Waals surface area contributed by atoms with Gasteiger partial charge >= 0.3 is 6.11 Å². The van der Waals surface area contributed by atoms with E-state index in [0.29, 0.717) is 17.0 Å². The molecule has 3 unspecified atom stereocenters. The van der Waals surface area contributed by atoms with Crippen LogP contribution in [-0.2, 0) is 6.11 Å². The third-order valence-corrected chi connectivity index (χ3v) is 8.04. The average Bonchev–Trinajstić information content (AvgIpc) is 3.34. The number of ether oxygens (including phenoxy) is 1. The van der Waals surface area contributed by atoms with Gasteiger partial charge in [0.2, 0.25) is 0 Å². The lowest BCUT2D eigenvalue weighted by atomic mass is 9.91. The number of hydrogen-bond donors (Lipinski definition) is 0. The van der Waals surface area contributed by atoms with Crippen LogP contribution < -0.4 is 10.0 Å². The fourth-order valence-corrected chi connectivity index (χ4v) is 6.52. The van der Waals surface area contributed by atoms with E-state index in [4.69, 9.17) is 0 Å². The number of alkyl halides is 2. The summed E-state index contributed by atoms with van der Waals surface area (Å²) in [5.41, 5.74) is 1.22. The molecule has 0 heterocycles. The predicted molar refractivity (Wildman–Crippen MR) is 129 cm³/mol.